The van der Waals surface area contributed by atoms with Crippen molar-refractivity contribution in [1.82, 2.24) is 4.98 Å². The van der Waals surface area contributed by atoms with Gasteiger partial charge in [0, 0.05) is 11.6 Å². The van der Waals surface area contributed by atoms with E-state index in [0.717, 1.165) is 10.9 Å². The van der Waals surface area contributed by atoms with Gasteiger partial charge in [0.25, 0.3) is 0 Å². The number of aryl methyl sites for hydroxylation is 1. The molecular formula is C54H35N. The van der Waals surface area contributed by atoms with E-state index in [1.807, 2.05) is 12.3 Å². The van der Waals surface area contributed by atoms with Crippen molar-refractivity contribution < 1.29 is 0 Å². The van der Waals surface area contributed by atoms with Crippen LogP contribution in [0.2, 0.25) is 0 Å². The van der Waals surface area contributed by atoms with Crippen LogP contribution in [0, 0.1) is 6.92 Å². The Labute approximate surface area is 319 Å². The van der Waals surface area contributed by atoms with Crippen LogP contribution >= 0.6 is 0 Å². The SMILES string of the molecule is Cc1cccc2ccc3cccc(-c4cccc5ccc6cc(-c7ccc(-c8ccc(-c9ccc%10ncccc%10c9)c9ccccc89)cc7)ccc6c45)c3c12. The van der Waals surface area contributed by atoms with E-state index in [1.165, 1.54) is 104 Å². The van der Waals surface area contributed by atoms with Gasteiger partial charge in [0.2, 0.25) is 0 Å². The summed E-state index contributed by atoms with van der Waals surface area (Å²) in [6, 6.07) is 69.3. The monoisotopic (exact) mass is 697 g/mol. The molecule has 11 aromatic rings. The number of benzene rings is 10. The van der Waals surface area contributed by atoms with Crippen molar-refractivity contribution in [1.29, 1.82) is 0 Å². The largest absolute Gasteiger partial charge is 0.256 e. The molecule has 0 saturated heterocycles. The van der Waals surface area contributed by atoms with Crippen LogP contribution in [0.5, 0.6) is 0 Å². The highest BCUT2D eigenvalue weighted by molar-refractivity contribution is 6.21. The highest BCUT2D eigenvalue weighted by Gasteiger charge is 2.15. The van der Waals surface area contributed by atoms with Crippen LogP contribution in [0.3, 0.4) is 0 Å². The quantitative estimate of drug-likeness (QED) is 0.167. The molecule has 1 heteroatoms. The molecule has 0 aliphatic rings. The molecule has 10 aromatic carbocycles. The van der Waals surface area contributed by atoms with Crippen molar-refractivity contribution in [3.05, 3.63) is 200 Å². The summed E-state index contributed by atoms with van der Waals surface area (Å²) < 4.78 is 0. The van der Waals surface area contributed by atoms with Gasteiger partial charge >= 0.3 is 0 Å². The Morgan fingerprint density at radius 2 is 0.873 bits per heavy atom. The minimum Gasteiger partial charge on any atom is -0.256 e. The third kappa shape index (κ3) is 5.12. The molecule has 0 N–H and O–H groups in total. The summed E-state index contributed by atoms with van der Waals surface area (Å²) in [4.78, 5) is 4.52. The molecule has 256 valence electrons. The Kier molecular flexibility index (Phi) is 7.15. The summed E-state index contributed by atoms with van der Waals surface area (Å²) in [7, 11) is 0. The fourth-order valence-corrected chi connectivity index (χ4v) is 8.97. The fourth-order valence-electron chi connectivity index (χ4n) is 8.97. The minimum atomic E-state index is 1.02. The average molecular weight is 698 g/mol. The van der Waals surface area contributed by atoms with Crippen molar-refractivity contribution in [2.75, 3.05) is 0 Å². The van der Waals surface area contributed by atoms with Gasteiger partial charge in [0.05, 0.1) is 5.52 Å². The first kappa shape index (κ1) is 31.4. The number of fused-ring (bicyclic) bond motifs is 8. The van der Waals surface area contributed by atoms with Crippen LogP contribution in [0.1, 0.15) is 5.56 Å². The highest BCUT2D eigenvalue weighted by atomic mass is 14.6. The molecule has 0 atom stereocenters. The second-order valence-electron chi connectivity index (χ2n) is 14.7. The van der Waals surface area contributed by atoms with Crippen molar-refractivity contribution in [2.24, 2.45) is 0 Å². The molecule has 0 fully saturated rings. The second kappa shape index (κ2) is 12.5. The van der Waals surface area contributed by atoms with Gasteiger partial charge in [-0.15, -0.1) is 0 Å². The number of pyridine rings is 1. The molecule has 0 spiro atoms. The smallest absolute Gasteiger partial charge is 0.0702 e. The Balaban J connectivity index is 0.991. The molecule has 0 bridgehead atoms. The van der Waals surface area contributed by atoms with Gasteiger partial charge in [-0.25, -0.2) is 0 Å². The first-order chi connectivity index (χ1) is 27.2. The number of hydrogen-bond donors (Lipinski definition) is 0. The number of hydrogen-bond acceptors (Lipinski definition) is 1. The summed E-state index contributed by atoms with van der Waals surface area (Å²) in [5, 5.41) is 14.0. The van der Waals surface area contributed by atoms with E-state index >= 15 is 0 Å². The lowest BCUT2D eigenvalue weighted by atomic mass is 9.88. The van der Waals surface area contributed by atoms with Crippen molar-refractivity contribution in [3.63, 3.8) is 0 Å². The molecule has 11 rings (SSSR count). The maximum Gasteiger partial charge on any atom is 0.0702 e. The van der Waals surface area contributed by atoms with E-state index in [2.05, 4.69) is 194 Å². The van der Waals surface area contributed by atoms with Crippen LogP contribution in [0.4, 0.5) is 0 Å². The molecule has 0 saturated carbocycles. The first-order valence-electron chi connectivity index (χ1n) is 19.0. The van der Waals surface area contributed by atoms with E-state index in [0.29, 0.717) is 0 Å². The molecular weight excluding hydrogens is 663 g/mol. The fraction of sp³-hybridized carbons (Fsp3) is 0.0185. The van der Waals surface area contributed by atoms with E-state index in [9.17, 15) is 0 Å². The van der Waals surface area contributed by atoms with E-state index in [4.69, 9.17) is 0 Å². The molecule has 55 heavy (non-hydrogen) atoms. The molecule has 0 aliphatic carbocycles. The van der Waals surface area contributed by atoms with E-state index in [1.54, 1.807) is 0 Å². The summed E-state index contributed by atoms with van der Waals surface area (Å²) in [5.41, 5.74) is 12.2. The van der Waals surface area contributed by atoms with Gasteiger partial charge in [0.1, 0.15) is 0 Å². The topological polar surface area (TPSA) is 12.9 Å². The number of nitrogens with zero attached hydrogens (tertiary/aromatic N) is 1. The van der Waals surface area contributed by atoms with Gasteiger partial charge in [-0.05, 0) is 135 Å². The summed E-state index contributed by atoms with van der Waals surface area (Å²) >= 11 is 0. The van der Waals surface area contributed by atoms with Crippen LogP contribution in [0.25, 0.3) is 109 Å². The molecule has 0 aliphatic heterocycles. The number of aromatic nitrogens is 1. The first-order valence-corrected chi connectivity index (χ1v) is 19.0. The lowest BCUT2D eigenvalue weighted by Crippen LogP contribution is -1.89. The molecule has 0 amide bonds. The maximum absolute atomic E-state index is 4.52. The Hall–Kier alpha value is -7.09. The van der Waals surface area contributed by atoms with Gasteiger partial charge in [-0.3, -0.25) is 4.98 Å². The third-order valence-corrected chi connectivity index (χ3v) is 11.6. The van der Waals surface area contributed by atoms with Crippen molar-refractivity contribution in [2.45, 2.75) is 6.92 Å². The van der Waals surface area contributed by atoms with Crippen molar-refractivity contribution in [3.8, 4) is 44.5 Å². The van der Waals surface area contributed by atoms with Crippen LogP contribution in [0.15, 0.2) is 194 Å². The molecule has 0 radical (unpaired) electrons. The lowest BCUT2D eigenvalue weighted by Gasteiger charge is -2.16. The predicted molar refractivity (Wildman–Crippen MR) is 236 cm³/mol. The molecule has 0 unspecified atom stereocenters. The standard InChI is InChI=1S/C54H35N/c1-34-8-4-9-37-21-22-39-11-6-16-50(54(39)52(34)37)49-15-5-10-38-23-24-42-32-40(25-27-46(42)53(38)49)35-17-19-36(20-18-35)44-28-29-45(48-14-3-2-13-47(44)48)41-26-30-51-43(33-41)12-7-31-55-51/h2-33H,1H3. The zero-order valence-corrected chi connectivity index (χ0v) is 30.4. The minimum absolute atomic E-state index is 1.02. The average Bonchev–Trinajstić information content (AvgIpc) is 3.25. The molecule has 1 aromatic heterocycles. The van der Waals surface area contributed by atoms with Crippen LogP contribution < -0.4 is 0 Å². The van der Waals surface area contributed by atoms with Gasteiger partial charge in [-0.2, -0.15) is 0 Å². The van der Waals surface area contributed by atoms with Crippen LogP contribution in [-0.4, -0.2) is 4.98 Å². The highest BCUT2D eigenvalue weighted by Crippen LogP contribution is 2.42. The zero-order valence-electron chi connectivity index (χ0n) is 30.4. The Bertz CT molecular complexity index is 3320. The number of rotatable bonds is 4. The van der Waals surface area contributed by atoms with Crippen LogP contribution in [-0.2, 0) is 0 Å². The van der Waals surface area contributed by atoms with Crippen molar-refractivity contribution >= 4 is 64.8 Å². The normalized spacial score (nSPS) is 11.7. The van der Waals surface area contributed by atoms with E-state index in [-0.39, 0.29) is 0 Å². The van der Waals surface area contributed by atoms with E-state index < -0.39 is 0 Å². The summed E-state index contributed by atoms with van der Waals surface area (Å²) in [6.07, 6.45) is 1.85. The predicted octanol–water partition coefficient (Wildman–Crippen LogP) is 15.0. The maximum atomic E-state index is 4.52. The Morgan fingerprint density at radius 3 is 1.64 bits per heavy atom. The summed E-state index contributed by atoms with van der Waals surface area (Å²) in [5.74, 6) is 0. The Morgan fingerprint density at radius 1 is 0.309 bits per heavy atom. The molecule has 1 heterocycles. The van der Waals surface area contributed by atoms with Gasteiger partial charge in [-0.1, -0.05) is 164 Å². The third-order valence-electron chi connectivity index (χ3n) is 11.6. The lowest BCUT2D eigenvalue weighted by molar-refractivity contribution is 1.41. The van der Waals surface area contributed by atoms with Gasteiger partial charge < -0.3 is 0 Å². The second-order valence-corrected chi connectivity index (χ2v) is 14.7. The van der Waals surface area contributed by atoms with Gasteiger partial charge in [0.15, 0.2) is 0 Å². The summed E-state index contributed by atoms with van der Waals surface area (Å²) in [6.45, 7) is 2.23. The zero-order chi connectivity index (χ0) is 36.5. The molecule has 1 nitrogen and oxygen atoms in total.